The number of carboxylic acids is 2. The Morgan fingerprint density at radius 1 is 0.879 bits per heavy atom. The smallest absolute Gasteiger partial charge is 0.317 e. The van der Waals surface area contributed by atoms with Crippen LogP contribution in [0.2, 0.25) is 0 Å². The predicted octanol–water partition coefficient (Wildman–Crippen LogP) is 1.26. The van der Waals surface area contributed by atoms with Gasteiger partial charge in [-0.3, -0.25) is 19.4 Å². The maximum absolute atomic E-state index is 11.3. The minimum absolute atomic E-state index is 0.0399. The second kappa shape index (κ2) is 15.6. The fourth-order valence-corrected chi connectivity index (χ4v) is 4.29. The van der Waals surface area contributed by atoms with E-state index in [4.69, 9.17) is 5.26 Å². The molecule has 182 valence electrons. The average molecular weight is 478 g/mol. The van der Waals surface area contributed by atoms with E-state index < -0.39 is 11.9 Å². The molecular formula is C23H35N5O4S. The van der Waals surface area contributed by atoms with Gasteiger partial charge in [0.1, 0.15) is 5.40 Å². The molecule has 1 saturated heterocycles. The van der Waals surface area contributed by atoms with E-state index in [-0.39, 0.29) is 13.1 Å². The van der Waals surface area contributed by atoms with Crippen LogP contribution in [0.3, 0.4) is 0 Å². The molecule has 0 saturated carbocycles. The molecule has 3 N–H and O–H groups in total. The van der Waals surface area contributed by atoms with Gasteiger partial charge >= 0.3 is 11.9 Å². The van der Waals surface area contributed by atoms with E-state index in [2.05, 4.69) is 15.6 Å². The van der Waals surface area contributed by atoms with Gasteiger partial charge in [0.05, 0.1) is 13.1 Å². The van der Waals surface area contributed by atoms with Crippen molar-refractivity contribution in [2.24, 2.45) is 0 Å². The first-order chi connectivity index (χ1) is 16.0. The predicted molar refractivity (Wildman–Crippen MR) is 128 cm³/mol. The van der Waals surface area contributed by atoms with Gasteiger partial charge in [-0.15, -0.1) is 0 Å². The number of nitrogens with one attached hydrogen (secondary N) is 1. The number of carboxylic acid groups (broad SMARTS) is 2. The molecule has 0 aliphatic carbocycles. The molecule has 1 fully saturated rings. The molecule has 1 aromatic rings. The van der Waals surface area contributed by atoms with Crippen molar-refractivity contribution in [3.8, 4) is 5.40 Å². The third-order valence-electron chi connectivity index (χ3n) is 5.64. The molecule has 9 nitrogen and oxygen atoms in total. The van der Waals surface area contributed by atoms with Crippen LogP contribution < -0.4 is 5.32 Å². The number of hydrogen-bond acceptors (Lipinski definition) is 8. The maximum Gasteiger partial charge on any atom is 0.317 e. The first-order valence-electron chi connectivity index (χ1n) is 11.4. The van der Waals surface area contributed by atoms with Crippen LogP contribution in [0.1, 0.15) is 18.4 Å². The maximum atomic E-state index is 11.3. The van der Waals surface area contributed by atoms with Crippen LogP contribution in [-0.4, -0.2) is 109 Å². The number of carbonyl (C=O) groups is 2. The summed E-state index contributed by atoms with van der Waals surface area (Å²) in [5.41, 5.74) is 1.19. The van der Waals surface area contributed by atoms with Crippen LogP contribution in [0, 0.1) is 10.7 Å². The zero-order valence-corrected chi connectivity index (χ0v) is 19.9. The molecule has 0 spiro atoms. The Hall–Kier alpha value is -2.16. The number of thioether (sulfide) groups is 1. The monoisotopic (exact) mass is 477 g/mol. The Labute approximate surface area is 200 Å². The fourth-order valence-electron chi connectivity index (χ4n) is 3.91. The topological polar surface area (TPSA) is 120 Å². The molecule has 2 rings (SSSR count). The lowest BCUT2D eigenvalue weighted by Gasteiger charge is -2.29. The number of nitrogens with zero attached hydrogens (tertiary/aromatic N) is 4. The van der Waals surface area contributed by atoms with Crippen molar-refractivity contribution < 1.29 is 19.8 Å². The molecule has 0 amide bonds. The van der Waals surface area contributed by atoms with E-state index in [1.165, 1.54) is 5.56 Å². The van der Waals surface area contributed by atoms with Crippen LogP contribution in [0.15, 0.2) is 29.2 Å². The third kappa shape index (κ3) is 12.0. The minimum atomic E-state index is -0.810. The van der Waals surface area contributed by atoms with Gasteiger partial charge in [-0.2, -0.15) is 5.26 Å². The molecular weight excluding hydrogens is 442 g/mol. The number of hydrogen-bond donors (Lipinski definition) is 3. The van der Waals surface area contributed by atoms with Crippen molar-refractivity contribution >= 4 is 23.7 Å². The summed E-state index contributed by atoms with van der Waals surface area (Å²) in [6.07, 6.45) is 2.56. The molecule has 33 heavy (non-hydrogen) atoms. The second-order valence-electron chi connectivity index (χ2n) is 8.23. The van der Waals surface area contributed by atoms with E-state index in [0.29, 0.717) is 26.2 Å². The highest BCUT2D eigenvalue weighted by Crippen LogP contribution is 2.17. The van der Waals surface area contributed by atoms with Crippen LogP contribution in [0.25, 0.3) is 0 Å². The molecule has 1 aromatic carbocycles. The van der Waals surface area contributed by atoms with Crippen molar-refractivity contribution in [1.29, 1.82) is 5.26 Å². The molecule has 1 aliphatic rings. The van der Waals surface area contributed by atoms with Crippen molar-refractivity contribution in [1.82, 2.24) is 20.0 Å². The quantitative estimate of drug-likeness (QED) is 0.373. The minimum Gasteiger partial charge on any atom is -0.480 e. The number of aliphatic carboxylic acids is 2. The van der Waals surface area contributed by atoms with Gasteiger partial charge in [-0.1, -0.05) is 12.1 Å². The molecule has 10 heteroatoms. The van der Waals surface area contributed by atoms with E-state index in [0.717, 1.165) is 68.6 Å². The molecule has 0 unspecified atom stereocenters. The Morgan fingerprint density at radius 3 is 2.15 bits per heavy atom. The summed E-state index contributed by atoms with van der Waals surface area (Å²) in [5.74, 6) is -1.62. The van der Waals surface area contributed by atoms with Crippen LogP contribution in [-0.2, 0) is 16.0 Å². The molecule has 0 aromatic heterocycles. The summed E-state index contributed by atoms with van der Waals surface area (Å²) in [4.78, 5) is 29.7. The van der Waals surface area contributed by atoms with Crippen molar-refractivity contribution in [2.45, 2.75) is 24.2 Å². The van der Waals surface area contributed by atoms with Gasteiger partial charge in [-0.05, 0) is 68.4 Å². The highest BCUT2D eigenvalue weighted by molar-refractivity contribution is 8.03. The molecule has 1 heterocycles. The summed E-state index contributed by atoms with van der Waals surface area (Å²) in [6.45, 7) is 6.80. The molecule has 0 bridgehead atoms. The Kier molecular flexibility index (Phi) is 12.8. The fraction of sp³-hybridized carbons (Fsp3) is 0.609. The summed E-state index contributed by atoms with van der Waals surface area (Å²) in [7, 11) is 0. The van der Waals surface area contributed by atoms with E-state index in [9.17, 15) is 19.8 Å². The number of benzene rings is 1. The Balaban J connectivity index is 1.99. The van der Waals surface area contributed by atoms with E-state index in [1.54, 1.807) is 0 Å². The molecule has 0 radical (unpaired) electrons. The normalized spacial score (nSPS) is 18.3. The highest BCUT2D eigenvalue weighted by atomic mass is 32.2. The van der Waals surface area contributed by atoms with Crippen molar-refractivity contribution in [3.63, 3.8) is 0 Å². The summed E-state index contributed by atoms with van der Waals surface area (Å²) in [6, 6.07) is 8.00. The van der Waals surface area contributed by atoms with Gasteiger partial charge in [0.2, 0.25) is 0 Å². The van der Waals surface area contributed by atoms with Crippen molar-refractivity contribution in [3.05, 3.63) is 29.8 Å². The molecule has 0 atom stereocenters. The molecule has 1 aliphatic heterocycles. The summed E-state index contributed by atoms with van der Waals surface area (Å²) < 4.78 is 0. The van der Waals surface area contributed by atoms with Crippen molar-refractivity contribution in [2.75, 3.05) is 72.0 Å². The van der Waals surface area contributed by atoms with Gasteiger partial charge in [0.25, 0.3) is 0 Å². The van der Waals surface area contributed by atoms with Gasteiger partial charge in [0, 0.05) is 44.2 Å². The zero-order chi connectivity index (χ0) is 23.9. The summed E-state index contributed by atoms with van der Waals surface area (Å²) in [5, 5.41) is 32.7. The Bertz CT molecular complexity index is 771. The lowest BCUT2D eigenvalue weighted by molar-refractivity contribution is -0.139. The zero-order valence-electron chi connectivity index (χ0n) is 19.1. The van der Waals surface area contributed by atoms with Gasteiger partial charge in [-0.25, -0.2) is 0 Å². The lowest BCUT2D eigenvalue weighted by atomic mass is 10.1. The largest absolute Gasteiger partial charge is 0.480 e. The third-order valence-corrected chi connectivity index (χ3v) is 6.23. The van der Waals surface area contributed by atoms with Gasteiger partial charge < -0.3 is 20.4 Å². The average Bonchev–Trinajstić information content (AvgIpc) is 2.77. The number of thiocyanates is 1. The lowest BCUT2D eigenvalue weighted by Crippen LogP contribution is -2.42. The SMILES string of the molecule is N#CSc1ccc(CCN2CCCN(CC(=O)O)CCNCCCN(CC(=O)O)CC2)cc1. The van der Waals surface area contributed by atoms with Crippen LogP contribution >= 0.6 is 11.8 Å². The second-order valence-corrected chi connectivity index (χ2v) is 9.08. The Morgan fingerprint density at radius 2 is 1.48 bits per heavy atom. The van der Waals surface area contributed by atoms with Gasteiger partial charge in [0.15, 0.2) is 0 Å². The first-order valence-corrected chi connectivity index (χ1v) is 12.2. The summed E-state index contributed by atoms with van der Waals surface area (Å²) >= 11 is 1.15. The van der Waals surface area contributed by atoms with Crippen LogP contribution in [0.5, 0.6) is 0 Å². The number of nitriles is 1. The standard InChI is InChI=1S/C23H35N5O4S/c24-19-33-21-5-3-20(4-6-21)7-13-26-11-2-12-27(17-22(29)30)14-9-25-8-1-10-28(16-15-26)18-23(31)32/h3-6,25H,1-2,7-18H2,(H,29,30)(H,31,32). The number of rotatable bonds is 8. The first kappa shape index (κ1) is 27.1. The highest BCUT2D eigenvalue weighted by Gasteiger charge is 2.15. The van der Waals surface area contributed by atoms with E-state index in [1.807, 2.05) is 34.1 Å². The van der Waals surface area contributed by atoms with Crippen LogP contribution in [0.4, 0.5) is 0 Å². The van der Waals surface area contributed by atoms with E-state index >= 15 is 0 Å².